The van der Waals surface area contributed by atoms with E-state index in [9.17, 15) is 17.6 Å². The molecule has 4 aliphatic rings. The number of aromatic nitrogens is 8. The van der Waals surface area contributed by atoms with E-state index in [0.717, 1.165) is 0 Å². The van der Waals surface area contributed by atoms with Crippen molar-refractivity contribution in [3.05, 3.63) is 238 Å². The van der Waals surface area contributed by atoms with Crippen LogP contribution in [0.5, 0.6) is 0 Å². The number of hydrogen-bond acceptors (Lipinski definition) is 4. The average molecular weight is 1370 g/mol. The third kappa shape index (κ3) is 11.4. The van der Waals surface area contributed by atoms with Gasteiger partial charge in [0.05, 0.1) is 45.6 Å². The van der Waals surface area contributed by atoms with Crippen molar-refractivity contribution in [1.82, 2.24) is 39.9 Å². The molecular weight excluding hydrogens is 1330 g/mol. The monoisotopic (exact) mass is 1360 g/mol. The predicted molar refractivity (Wildman–Crippen MR) is 338 cm³/mol. The number of fused-ring (bicyclic) bond motifs is 16. The second kappa shape index (κ2) is 24.6. The van der Waals surface area contributed by atoms with Gasteiger partial charge in [-0.2, -0.15) is 35.1 Å². The van der Waals surface area contributed by atoms with Gasteiger partial charge in [0.1, 0.15) is 0 Å². The van der Waals surface area contributed by atoms with E-state index >= 15 is 17.6 Å². The van der Waals surface area contributed by atoms with Crippen molar-refractivity contribution in [3.8, 4) is 68.2 Å². The molecule has 0 atom stereocenters. The number of rotatable bonds is 8. The van der Waals surface area contributed by atoms with Crippen LogP contribution in [0.15, 0.2) is 170 Å². The summed E-state index contributed by atoms with van der Waals surface area (Å²) in [5.41, 5.74) is 3.34. The van der Waals surface area contributed by atoms with Crippen molar-refractivity contribution in [1.29, 1.82) is 0 Å². The second-order valence-electron chi connectivity index (χ2n) is 20.8. The summed E-state index contributed by atoms with van der Waals surface area (Å²) in [5.74, 6) is 2.64. The first-order valence-corrected chi connectivity index (χ1v) is 28.4. The molecule has 4 aromatic carbocycles. The van der Waals surface area contributed by atoms with Crippen LogP contribution in [0.2, 0.25) is 0 Å². The maximum Gasteiger partial charge on any atom is 2.00 e. The summed E-state index contributed by atoms with van der Waals surface area (Å²) in [4.78, 5) is 38.7. The summed E-state index contributed by atoms with van der Waals surface area (Å²) >= 11 is 10.5. The Hall–Kier alpha value is -9.53. The molecule has 0 aliphatic carbocycles. The van der Waals surface area contributed by atoms with Crippen LogP contribution in [0, 0.1) is 23.7 Å². The molecule has 438 valence electrons. The van der Waals surface area contributed by atoms with E-state index in [4.69, 9.17) is 43.1 Å². The zero-order chi connectivity index (χ0) is 62.1. The summed E-state index contributed by atoms with van der Waals surface area (Å²) < 4.78 is 125. The topological polar surface area (TPSA) is 108 Å². The number of hydrogen-bond donors (Lipinski definition) is 0. The minimum atomic E-state index is -5.05. The molecule has 0 N–H and O–H groups in total. The van der Waals surface area contributed by atoms with E-state index in [1.807, 2.05) is 0 Å². The summed E-state index contributed by atoms with van der Waals surface area (Å²) in [5, 5.41) is -10.1. The molecule has 8 nitrogen and oxygen atoms in total. The number of benzene rings is 4. The molecule has 92 heavy (non-hydrogen) atoms. The number of alkyl halides is 10. The van der Waals surface area contributed by atoms with Crippen molar-refractivity contribution in [3.63, 3.8) is 0 Å². The Balaban J connectivity index is 0.00000408. The van der Waals surface area contributed by atoms with Gasteiger partial charge < -0.3 is 19.9 Å². The van der Waals surface area contributed by atoms with Crippen molar-refractivity contribution >= 4 is 116 Å². The Bertz CT molecular complexity index is 4840. The van der Waals surface area contributed by atoms with Gasteiger partial charge in [0.15, 0.2) is 0 Å². The van der Waals surface area contributed by atoms with E-state index in [1.54, 1.807) is 170 Å². The first-order valence-electron chi connectivity index (χ1n) is 27.6. The molecule has 0 spiro atoms. The van der Waals surface area contributed by atoms with Gasteiger partial charge >= 0.3 is 61.6 Å². The molecular formula is C72H36Cl2F8N8Zn2. The van der Waals surface area contributed by atoms with E-state index in [1.165, 1.54) is 48.6 Å². The molecule has 20 heteroatoms. The van der Waals surface area contributed by atoms with E-state index in [2.05, 4.69) is 43.6 Å². The summed E-state index contributed by atoms with van der Waals surface area (Å²) in [7, 11) is 0. The standard InChI is InChI=1S/C72H36Cl2F8N8.2Zn/c73-71(79,80)69(75,76)67-59-37-33-55(87-59)63(41-15-5-1-6-16-41)51-29-25-47(83-51)45(48-26-30-52(84-48)64(42-17-7-2-8-18-42)56-34-38-60(67)88-56)23-13-14-24-46-49-27-31-53(85-49)65(43-19-9-3-10-20-43)57-35-39-61(89-57)68(70(77,78)72(74,81)82)62-40-36-58(90-62)66(44-21-11-4-12-22-44)54-32-28-50(46)86-54;;/h1-12,15-22,25-40H;;/q-4;2*+2. The fraction of sp³-hybridized carbons (Fsp3) is 0.0556. The van der Waals surface area contributed by atoms with Gasteiger partial charge in [-0.05, 0) is 128 Å². The number of halogens is 10. The normalized spacial score (nSPS) is 12.6. The largest absolute Gasteiger partial charge is 2.00 e. The van der Waals surface area contributed by atoms with Crippen molar-refractivity contribution in [2.45, 2.75) is 22.6 Å². The fourth-order valence-corrected chi connectivity index (χ4v) is 11.3. The molecule has 16 bridgehead atoms. The van der Waals surface area contributed by atoms with Gasteiger partial charge in [-0.3, -0.25) is 0 Å². The summed E-state index contributed by atoms with van der Waals surface area (Å²) in [6, 6.07) is 47.7. The van der Waals surface area contributed by atoms with Crippen LogP contribution in [-0.4, -0.2) is 30.7 Å². The van der Waals surface area contributed by atoms with Crippen molar-refractivity contribution in [2.24, 2.45) is 0 Å². The smallest absolute Gasteiger partial charge is 0.657 e. The zero-order valence-corrected chi connectivity index (χ0v) is 55.0. The Morgan fingerprint density at radius 1 is 0.283 bits per heavy atom. The molecule has 4 aliphatic heterocycles. The van der Waals surface area contributed by atoms with Crippen LogP contribution in [-0.2, 0) is 50.8 Å². The molecule has 0 saturated heterocycles. The van der Waals surface area contributed by atoms with Gasteiger partial charge in [-0.1, -0.05) is 182 Å². The van der Waals surface area contributed by atoms with Crippen LogP contribution in [0.4, 0.5) is 35.1 Å². The fourth-order valence-electron chi connectivity index (χ4n) is 11.1. The Labute approximate surface area is 554 Å². The van der Waals surface area contributed by atoms with Crippen LogP contribution in [0.3, 0.4) is 0 Å². The molecule has 0 saturated carbocycles. The molecule has 0 radical (unpaired) electrons. The average Bonchev–Trinajstić information content (AvgIpc) is 1.57. The van der Waals surface area contributed by atoms with Crippen LogP contribution in [0.1, 0.15) is 67.8 Å². The van der Waals surface area contributed by atoms with E-state index in [-0.39, 0.29) is 61.4 Å². The van der Waals surface area contributed by atoms with Crippen molar-refractivity contribution in [2.75, 3.05) is 0 Å². The van der Waals surface area contributed by atoms with Gasteiger partial charge in [0.25, 0.3) is 0 Å². The van der Waals surface area contributed by atoms with Crippen molar-refractivity contribution < 1.29 is 74.1 Å². The zero-order valence-electron chi connectivity index (χ0n) is 47.6. The molecule has 0 fully saturated rings. The molecule has 14 rings (SSSR count). The Morgan fingerprint density at radius 3 is 0.793 bits per heavy atom. The SMILES string of the molecule is FC(F)(Cl)C(F)(F)c1c2nc(c(-c3ccccc3)c3ccc([n-]3)c(C#CC#Cc3c4nc(c(-c5ccccc5)c5ccc([n-]5)c(C(F)(F)C(F)(F)Cl)c5nc(c(-c6ccccc6)c6ccc3[n-]6)C=C5)C=C4)c3nc(c(-c4ccccc4)c4ccc1[n-]4)C=C3)C=C2.[Zn+2].[Zn+2]. The number of nitrogens with zero attached hydrogens (tertiary/aromatic N) is 8. The maximum atomic E-state index is 16.3. The van der Waals surface area contributed by atoms with Crippen LogP contribution in [0.25, 0.3) is 137 Å². The minimum Gasteiger partial charge on any atom is -0.657 e. The molecule has 6 aromatic heterocycles. The van der Waals surface area contributed by atoms with E-state index < -0.39 is 56.2 Å². The Kier molecular flexibility index (Phi) is 16.7. The van der Waals surface area contributed by atoms with E-state index in [0.29, 0.717) is 100 Å². The Morgan fingerprint density at radius 2 is 0.511 bits per heavy atom. The predicted octanol–water partition coefficient (Wildman–Crippen LogP) is 18.1. The summed E-state index contributed by atoms with van der Waals surface area (Å²) in [6.07, 6.45) is 12.2. The third-order valence-electron chi connectivity index (χ3n) is 15.2. The molecule has 0 amide bonds. The van der Waals surface area contributed by atoms with Gasteiger partial charge in [-0.25, -0.2) is 19.9 Å². The van der Waals surface area contributed by atoms with Crippen LogP contribution >= 0.6 is 23.2 Å². The quantitative estimate of drug-likeness (QED) is 0.0641. The molecule has 0 unspecified atom stereocenters. The first kappa shape index (κ1) is 62.7. The molecule has 10 heterocycles. The van der Waals surface area contributed by atoms with Gasteiger partial charge in [-0.15, -0.1) is 44.1 Å². The maximum absolute atomic E-state index is 16.3. The van der Waals surface area contributed by atoms with Gasteiger partial charge in [0, 0.05) is 22.3 Å². The molecule has 10 aromatic rings. The van der Waals surface area contributed by atoms with Gasteiger partial charge in [0.2, 0.25) is 0 Å². The third-order valence-corrected chi connectivity index (χ3v) is 15.7. The second-order valence-corrected chi connectivity index (χ2v) is 21.8. The van der Waals surface area contributed by atoms with Crippen LogP contribution < -0.4 is 19.9 Å². The summed E-state index contributed by atoms with van der Waals surface area (Å²) in [6.45, 7) is 0. The first-order chi connectivity index (χ1) is 43.4. The minimum absolute atomic E-state index is 0.